The second kappa shape index (κ2) is 11.7. The third-order valence-corrected chi connectivity index (χ3v) is 8.03. The predicted octanol–water partition coefficient (Wildman–Crippen LogP) is 6.32. The van der Waals surface area contributed by atoms with Crippen molar-refractivity contribution < 1.29 is 17.7 Å². The van der Waals surface area contributed by atoms with E-state index < -0.39 is 17.4 Å². The van der Waals surface area contributed by atoms with Gasteiger partial charge in [-0.05, 0) is 65.7 Å². The quantitative estimate of drug-likeness (QED) is 0.347. The SMILES string of the molecule is CC1CCC1.C[C@H]1CCCN(Cc2cc(C(F)(F)F)c3cn(-c4cccc(C[C]5N=NC=[N+]5C)c4)c(=O)n3c2)C1. The molecular weight excluding hydrogens is 517 g/mol. The van der Waals surface area contributed by atoms with E-state index in [1.54, 1.807) is 35.3 Å². The maximum Gasteiger partial charge on any atom is 0.418 e. The molecule has 2 aliphatic heterocycles. The molecule has 40 heavy (non-hydrogen) atoms. The fourth-order valence-corrected chi connectivity index (χ4v) is 5.51. The zero-order valence-electron chi connectivity index (χ0n) is 23.4. The average molecular weight is 555 g/mol. The first-order valence-corrected chi connectivity index (χ1v) is 14.1. The molecule has 1 aliphatic carbocycles. The van der Waals surface area contributed by atoms with Gasteiger partial charge in [0, 0.05) is 31.9 Å². The Balaban J connectivity index is 0.000000582. The molecule has 2 aromatic heterocycles. The first kappa shape index (κ1) is 28.3. The molecule has 4 heterocycles. The Labute approximate surface area is 232 Å². The summed E-state index contributed by atoms with van der Waals surface area (Å²) < 4.78 is 46.3. The fraction of sp³-hybridized carbons (Fsp3) is 0.500. The molecule has 0 N–H and O–H groups in total. The number of nitrogens with zero attached hydrogens (tertiary/aromatic N) is 6. The van der Waals surface area contributed by atoms with Crippen molar-refractivity contribution in [2.75, 3.05) is 20.1 Å². The lowest BCUT2D eigenvalue weighted by molar-refractivity contribution is -0.474. The molecule has 6 rings (SSSR count). The van der Waals surface area contributed by atoms with Crippen LogP contribution in [0.4, 0.5) is 13.2 Å². The molecule has 0 spiro atoms. The van der Waals surface area contributed by atoms with Gasteiger partial charge in [-0.25, -0.2) is 9.37 Å². The van der Waals surface area contributed by atoms with Gasteiger partial charge in [-0.1, -0.05) is 45.2 Å². The monoisotopic (exact) mass is 554 g/mol. The van der Waals surface area contributed by atoms with Crippen LogP contribution in [0, 0.1) is 18.0 Å². The first-order chi connectivity index (χ1) is 19.1. The van der Waals surface area contributed by atoms with Gasteiger partial charge in [-0.2, -0.15) is 13.2 Å². The minimum atomic E-state index is -4.58. The van der Waals surface area contributed by atoms with Gasteiger partial charge >= 0.3 is 24.4 Å². The Morgan fingerprint density at radius 1 is 1.02 bits per heavy atom. The summed E-state index contributed by atoms with van der Waals surface area (Å²) >= 11 is 0. The van der Waals surface area contributed by atoms with Crippen molar-refractivity contribution in [3.8, 4) is 5.69 Å². The van der Waals surface area contributed by atoms with E-state index in [4.69, 9.17) is 0 Å². The number of halogens is 3. The second-order valence-corrected chi connectivity index (χ2v) is 11.5. The lowest BCUT2D eigenvalue weighted by Crippen LogP contribution is -2.34. The summed E-state index contributed by atoms with van der Waals surface area (Å²) in [6, 6.07) is 8.35. The van der Waals surface area contributed by atoms with Gasteiger partial charge in [0.25, 0.3) is 0 Å². The summed E-state index contributed by atoms with van der Waals surface area (Å²) in [5.74, 6) is 1.57. The van der Waals surface area contributed by atoms with E-state index >= 15 is 0 Å². The number of likely N-dealkylation sites (tertiary alicyclic amines) is 1. The molecule has 10 heteroatoms. The number of azo groups is 1. The number of rotatable bonds is 5. The third kappa shape index (κ3) is 6.37. The van der Waals surface area contributed by atoms with E-state index in [2.05, 4.69) is 29.0 Å². The van der Waals surface area contributed by atoms with E-state index in [0.29, 0.717) is 30.1 Å². The van der Waals surface area contributed by atoms with Crippen molar-refractivity contribution >= 4 is 11.9 Å². The summed E-state index contributed by atoms with van der Waals surface area (Å²) in [5.41, 5.74) is 0.364. The van der Waals surface area contributed by atoms with Crippen molar-refractivity contribution in [3.05, 3.63) is 76.1 Å². The smallest absolute Gasteiger partial charge is 0.299 e. The molecule has 1 aromatic carbocycles. The van der Waals surface area contributed by atoms with Crippen molar-refractivity contribution in [1.82, 2.24) is 13.9 Å². The molecule has 1 radical (unpaired) electrons. The van der Waals surface area contributed by atoms with Gasteiger partial charge < -0.3 is 0 Å². The molecular formula is C30H37F3N6O+. The summed E-state index contributed by atoms with van der Waals surface area (Å²) in [6.45, 7) is 6.53. The predicted molar refractivity (Wildman–Crippen MR) is 149 cm³/mol. The number of pyridine rings is 1. The number of benzene rings is 1. The van der Waals surface area contributed by atoms with Gasteiger partial charge in [0.2, 0.25) is 0 Å². The van der Waals surface area contributed by atoms with Crippen molar-refractivity contribution in [1.29, 1.82) is 0 Å². The van der Waals surface area contributed by atoms with Crippen LogP contribution >= 0.6 is 0 Å². The second-order valence-electron chi connectivity index (χ2n) is 11.5. The molecule has 1 atom stereocenters. The highest BCUT2D eigenvalue weighted by Crippen LogP contribution is 2.34. The van der Waals surface area contributed by atoms with E-state index in [9.17, 15) is 18.0 Å². The van der Waals surface area contributed by atoms with Crippen molar-refractivity contribution in [2.24, 2.45) is 22.1 Å². The number of likely N-dealkylation sites (N-methyl/N-ethyl adjacent to an activating group) is 1. The number of hydrogen-bond donors (Lipinski definition) is 0. The highest BCUT2D eigenvalue weighted by molar-refractivity contribution is 5.58. The topological polar surface area (TPSA) is 57.4 Å². The lowest BCUT2D eigenvalue weighted by Gasteiger charge is -2.31. The molecule has 1 saturated heterocycles. The van der Waals surface area contributed by atoms with Gasteiger partial charge in [0.1, 0.15) is 0 Å². The maximum atomic E-state index is 14.0. The molecule has 3 aliphatic rings. The van der Waals surface area contributed by atoms with Crippen LogP contribution in [0.15, 0.2) is 57.7 Å². The van der Waals surface area contributed by atoms with Crippen LogP contribution in [-0.4, -0.2) is 44.9 Å². The summed E-state index contributed by atoms with van der Waals surface area (Å²) in [4.78, 5) is 15.5. The van der Waals surface area contributed by atoms with Gasteiger partial charge in [0.15, 0.2) is 0 Å². The van der Waals surface area contributed by atoms with Gasteiger partial charge in [0.05, 0.1) is 28.9 Å². The Morgan fingerprint density at radius 2 is 1.77 bits per heavy atom. The van der Waals surface area contributed by atoms with Crippen LogP contribution in [0.5, 0.6) is 0 Å². The van der Waals surface area contributed by atoms with Crippen LogP contribution in [0.1, 0.15) is 62.6 Å². The zero-order chi connectivity index (χ0) is 28.4. The molecule has 7 nitrogen and oxygen atoms in total. The molecule has 0 amide bonds. The number of alkyl halides is 3. The van der Waals surface area contributed by atoms with Gasteiger partial charge in [-0.15, -0.1) is 0 Å². The maximum absolute atomic E-state index is 14.0. The lowest BCUT2D eigenvalue weighted by atomic mass is 9.88. The van der Waals surface area contributed by atoms with Crippen LogP contribution in [0.3, 0.4) is 0 Å². The number of aromatic nitrogens is 2. The first-order valence-electron chi connectivity index (χ1n) is 14.1. The molecule has 0 bridgehead atoms. The van der Waals surface area contributed by atoms with Crippen LogP contribution < -0.4 is 5.69 Å². The van der Waals surface area contributed by atoms with E-state index in [-0.39, 0.29) is 5.52 Å². The highest BCUT2D eigenvalue weighted by Gasteiger charge is 2.35. The van der Waals surface area contributed by atoms with Crippen LogP contribution in [-0.2, 0) is 19.1 Å². The van der Waals surface area contributed by atoms with Crippen LogP contribution in [0.25, 0.3) is 11.2 Å². The molecule has 3 aromatic rings. The summed E-state index contributed by atoms with van der Waals surface area (Å²) in [5, 5.41) is 7.95. The largest absolute Gasteiger partial charge is 0.418 e. The normalized spacial score (nSPS) is 20.4. The minimum absolute atomic E-state index is 0.156. The Hall–Kier alpha value is -3.27. The van der Waals surface area contributed by atoms with Crippen molar-refractivity contribution in [2.45, 2.75) is 65.1 Å². The van der Waals surface area contributed by atoms with E-state index in [1.807, 2.05) is 13.1 Å². The third-order valence-electron chi connectivity index (χ3n) is 8.03. The fourth-order valence-electron chi connectivity index (χ4n) is 5.51. The number of fused-ring (bicyclic) bond motifs is 1. The average Bonchev–Trinajstić information content (AvgIpc) is 3.44. The number of hydrogen-bond acceptors (Lipinski definition) is 4. The van der Waals surface area contributed by atoms with Crippen molar-refractivity contribution in [3.63, 3.8) is 0 Å². The zero-order valence-corrected chi connectivity index (χ0v) is 23.4. The highest BCUT2D eigenvalue weighted by atomic mass is 19.4. The molecule has 213 valence electrons. The Bertz CT molecular complexity index is 1470. The number of imidazole rings is 1. The molecule has 2 fully saturated rings. The Morgan fingerprint density at radius 3 is 2.40 bits per heavy atom. The van der Waals surface area contributed by atoms with E-state index in [1.165, 1.54) is 36.1 Å². The van der Waals surface area contributed by atoms with E-state index in [0.717, 1.165) is 48.0 Å². The summed E-state index contributed by atoms with van der Waals surface area (Å²) in [6.07, 6.45) is 7.68. The molecule has 0 unspecified atom stereocenters. The minimum Gasteiger partial charge on any atom is -0.299 e. The Kier molecular flexibility index (Phi) is 8.26. The standard InChI is InChI=1S/C25H27F3N6O.C5H10/c1-17-5-4-8-32(12-17)13-19-10-21(25(26,27)28)22-15-33(24(35)34(22)14-19)20-7-3-6-18(9-20)11-23-30-29-16-31(23)2;1-5-3-2-4-5/h3,6-7,9-10,14-17H,4-5,8,11-13H2,1-2H3;5H,2-4H2,1H3/q+1;/t17-;/m0./s1. The van der Waals surface area contributed by atoms with Gasteiger partial charge in [-0.3, -0.25) is 13.9 Å². The van der Waals surface area contributed by atoms with Crippen LogP contribution in [0.2, 0.25) is 0 Å². The molecule has 1 saturated carbocycles. The summed E-state index contributed by atoms with van der Waals surface area (Å²) in [7, 11) is 1.84. The number of piperidine rings is 1.